The van der Waals surface area contributed by atoms with Gasteiger partial charge in [-0.05, 0) is 54.5 Å². The fourth-order valence-electron chi connectivity index (χ4n) is 1.77. The van der Waals surface area contributed by atoms with Gasteiger partial charge in [0.2, 0.25) is 0 Å². The van der Waals surface area contributed by atoms with E-state index >= 15 is 0 Å². The zero-order valence-corrected chi connectivity index (χ0v) is 11.7. The van der Waals surface area contributed by atoms with Crippen molar-refractivity contribution in [1.29, 1.82) is 0 Å². The molecule has 6 nitrogen and oxygen atoms in total. The number of hydrogen-bond donors (Lipinski definition) is 0. The Morgan fingerprint density at radius 1 is 1.35 bits per heavy atom. The predicted molar refractivity (Wildman–Crippen MR) is 74.1 cm³/mol. The number of esters is 1. The molecule has 20 heavy (non-hydrogen) atoms. The van der Waals surface area contributed by atoms with Gasteiger partial charge in [0.15, 0.2) is 0 Å². The molecule has 0 N–H and O–H groups in total. The van der Waals surface area contributed by atoms with Gasteiger partial charge in [-0.25, -0.2) is 9.48 Å². The van der Waals surface area contributed by atoms with Gasteiger partial charge in [0.25, 0.3) is 0 Å². The zero-order valence-electron chi connectivity index (χ0n) is 11.7. The molecule has 0 saturated carbocycles. The van der Waals surface area contributed by atoms with Crippen LogP contribution >= 0.6 is 0 Å². The maximum atomic E-state index is 11.8. The van der Waals surface area contributed by atoms with Crippen molar-refractivity contribution in [2.24, 2.45) is 0 Å². The maximum absolute atomic E-state index is 11.8. The molecular weight excluding hydrogens is 256 g/mol. The Hall–Kier alpha value is -2.50. The molecule has 6 heteroatoms. The molecule has 0 bridgehead atoms. The third-order valence-corrected chi connectivity index (χ3v) is 3.04. The van der Waals surface area contributed by atoms with Gasteiger partial charge in [0.1, 0.15) is 6.33 Å². The smallest absolute Gasteiger partial charge is 0.333 e. The van der Waals surface area contributed by atoms with Crippen LogP contribution in [0.2, 0.25) is 0 Å². The molecular formula is C14H16N4O2. The van der Waals surface area contributed by atoms with Crippen molar-refractivity contribution >= 4 is 11.5 Å². The standard InChI is InChI=1S/C14H16N4O2/c1-4-20-14(19)11(3)10(2)12-6-5-7-13(8-12)18-9-15-16-17-18/h5-9H,4H2,1-3H3/b11-10-. The van der Waals surface area contributed by atoms with Crippen LogP contribution in [0.3, 0.4) is 0 Å². The topological polar surface area (TPSA) is 69.9 Å². The van der Waals surface area contributed by atoms with Crippen molar-refractivity contribution in [2.45, 2.75) is 20.8 Å². The first-order valence-corrected chi connectivity index (χ1v) is 6.32. The van der Waals surface area contributed by atoms with Crippen LogP contribution in [0, 0.1) is 0 Å². The summed E-state index contributed by atoms with van der Waals surface area (Å²) in [4.78, 5) is 11.8. The van der Waals surface area contributed by atoms with Gasteiger partial charge < -0.3 is 4.74 Å². The number of rotatable bonds is 4. The number of hydrogen-bond acceptors (Lipinski definition) is 5. The lowest BCUT2D eigenvalue weighted by Gasteiger charge is -2.09. The Morgan fingerprint density at radius 3 is 2.80 bits per heavy atom. The van der Waals surface area contributed by atoms with E-state index in [-0.39, 0.29) is 5.97 Å². The van der Waals surface area contributed by atoms with Crippen LogP contribution in [0.5, 0.6) is 0 Å². The minimum atomic E-state index is -0.294. The van der Waals surface area contributed by atoms with Crippen LogP contribution in [-0.4, -0.2) is 32.8 Å². The fraction of sp³-hybridized carbons (Fsp3) is 0.286. The summed E-state index contributed by atoms with van der Waals surface area (Å²) in [6.45, 7) is 5.81. The zero-order chi connectivity index (χ0) is 14.5. The van der Waals surface area contributed by atoms with E-state index in [1.807, 2.05) is 31.2 Å². The molecule has 0 fully saturated rings. The molecule has 0 amide bonds. The van der Waals surface area contributed by atoms with E-state index in [0.717, 1.165) is 16.8 Å². The number of benzene rings is 1. The van der Waals surface area contributed by atoms with E-state index in [9.17, 15) is 4.79 Å². The monoisotopic (exact) mass is 272 g/mol. The van der Waals surface area contributed by atoms with Gasteiger partial charge in [-0.2, -0.15) is 0 Å². The van der Waals surface area contributed by atoms with Crippen LogP contribution in [-0.2, 0) is 9.53 Å². The van der Waals surface area contributed by atoms with E-state index in [4.69, 9.17) is 4.74 Å². The van der Waals surface area contributed by atoms with Gasteiger partial charge in [0.05, 0.1) is 12.3 Å². The molecule has 0 aliphatic rings. The normalized spacial score (nSPS) is 11.9. The number of tetrazole rings is 1. The van der Waals surface area contributed by atoms with Crippen molar-refractivity contribution in [3.63, 3.8) is 0 Å². The number of allylic oxidation sites excluding steroid dienone is 1. The fourth-order valence-corrected chi connectivity index (χ4v) is 1.77. The van der Waals surface area contributed by atoms with E-state index < -0.39 is 0 Å². The Morgan fingerprint density at radius 2 is 2.15 bits per heavy atom. The van der Waals surface area contributed by atoms with Crippen LogP contribution in [0.4, 0.5) is 0 Å². The second kappa shape index (κ2) is 6.10. The van der Waals surface area contributed by atoms with Crippen molar-refractivity contribution in [1.82, 2.24) is 20.2 Å². The first-order chi connectivity index (χ1) is 9.63. The Labute approximate surface area is 117 Å². The maximum Gasteiger partial charge on any atom is 0.333 e. The van der Waals surface area contributed by atoms with E-state index in [2.05, 4.69) is 15.5 Å². The van der Waals surface area contributed by atoms with E-state index in [0.29, 0.717) is 12.2 Å². The summed E-state index contributed by atoms with van der Waals surface area (Å²) in [6.07, 6.45) is 1.52. The number of nitrogens with zero attached hydrogens (tertiary/aromatic N) is 4. The second-order valence-corrected chi connectivity index (χ2v) is 4.28. The van der Waals surface area contributed by atoms with Gasteiger partial charge in [-0.3, -0.25) is 0 Å². The molecule has 2 rings (SSSR count). The van der Waals surface area contributed by atoms with Gasteiger partial charge >= 0.3 is 5.97 Å². The molecule has 0 unspecified atom stereocenters. The van der Waals surface area contributed by atoms with Gasteiger partial charge in [-0.1, -0.05) is 12.1 Å². The van der Waals surface area contributed by atoms with E-state index in [1.54, 1.807) is 18.5 Å². The predicted octanol–water partition coefficient (Wildman–Crippen LogP) is 2.02. The summed E-state index contributed by atoms with van der Waals surface area (Å²) < 4.78 is 6.58. The summed E-state index contributed by atoms with van der Waals surface area (Å²) >= 11 is 0. The molecule has 0 atom stereocenters. The van der Waals surface area contributed by atoms with Gasteiger partial charge in [0, 0.05) is 5.57 Å². The van der Waals surface area contributed by atoms with Crippen LogP contribution in [0.1, 0.15) is 26.3 Å². The molecule has 2 aromatic rings. The third kappa shape index (κ3) is 2.90. The van der Waals surface area contributed by atoms with Crippen molar-refractivity contribution < 1.29 is 9.53 Å². The largest absolute Gasteiger partial charge is 0.463 e. The van der Waals surface area contributed by atoms with Crippen molar-refractivity contribution in [3.8, 4) is 5.69 Å². The number of carbonyl (C=O) groups is 1. The first kappa shape index (κ1) is 13.9. The van der Waals surface area contributed by atoms with Crippen molar-refractivity contribution in [3.05, 3.63) is 41.7 Å². The summed E-state index contributed by atoms with van der Waals surface area (Å²) in [5, 5.41) is 11.1. The third-order valence-electron chi connectivity index (χ3n) is 3.04. The molecule has 0 radical (unpaired) electrons. The molecule has 1 aromatic heterocycles. The highest BCUT2D eigenvalue weighted by Gasteiger charge is 2.10. The quantitative estimate of drug-likeness (QED) is 0.629. The lowest BCUT2D eigenvalue weighted by atomic mass is 10.0. The Kier molecular flexibility index (Phi) is 4.24. The minimum absolute atomic E-state index is 0.294. The highest BCUT2D eigenvalue weighted by atomic mass is 16.5. The first-order valence-electron chi connectivity index (χ1n) is 6.32. The average molecular weight is 272 g/mol. The minimum Gasteiger partial charge on any atom is -0.463 e. The van der Waals surface area contributed by atoms with Crippen LogP contribution < -0.4 is 0 Å². The van der Waals surface area contributed by atoms with Crippen LogP contribution in [0.25, 0.3) is 11.3 Å². The number of aromatic nitrogens is 4. The van der Waals surface area contributed by atoms with Gasteiger partial charge in [-0.15, -0.1) is 5.10 Å². The molecule has 104 valence electrons. The Bertz CT molecular complexity index is 632. The summed E-state index contributed by atoms with van der Waals surface area (Å²) in [5.74, 6) is -0.294. The average Bonchev–Trinajstić information content (AvgIpc) is 3.00. The second-order valence-electron chi connectivity index (χ2n) is 4.28. The highest BCUT2D eigenvalue weighted by Crippen LogP contribution is 2.21. The summed E-state index contributed by atoms with van der Waals surface area (Å²) in [6, 6.07) is 7.65. The van der Waals surface area contributed by atoms with E-state index in [1.165, 1.54) is 6.33 Å². The highest BCUT2D eigenvalue weighted by molar-refractivity contribution is 5.96. The lowest BCUT2D eigenvalue weighted by Crippen LogP contribution is -2.07. The van der Waals surface area contributed by atoms with Crippen molar-refractivity contribution in [2.75, 3.05) is 6.61 Å². The number of carbonyl (C=O) groups excluding carboxylic acids is 1. The Balaban J connectivity index is 2.36. The molecule has 1 heterocycles. The molecule has 0 spiro atoms. The molecule has 1 aromatic carbocycles. The lowest BCUT2D eigenvalue weighted by molar-refractivity contribution is -0.138. The van der Waals surface area contributed by atoms with Crippen LogP contribution in [0.15, 0.2) is 36.2 Å². The molecule has 0 aliphatic carbocycles. The number of ether oxygens (including phenoxy) is 1. The summed E-state index contributed by atoms with van der Waals surface area (Å²) in [5.41, 5.74) is 3.24. The summed E-state index contributed by atoms with van der Waals surface area (Å²) in [7, 11) is 0. The molecule has 0 aliphatic heterocycles. The molecule has 0 saturated heterocycles. The SMILES string of the molecule is CCOC(=O)/C(C)=C(/C)c1cccc(-n2cnnn2)c1.